The summed E-state index contributed by atoms with van der Waals surface area (Å²) in [6.07, 6.45) is -0.148. The number of carbonyl (C=O) groups is 1. The van der Waals surface area contributed by atoms with Gasteiger partial charge in [0.25, 0.3) is 0 Å². The van der Waals surface area contributed by atoms with Crippen LogP contribution < -0.4 is 9.47 Å². The molecule has 0 spiro atoms. The minimum Gasteiger partial charge on any atom is -0.486 e. The quantitative estimate of drug-likeness (QED) is 0.766. The zero-order valence-electron chi connectivity index (χ0n) is 14.0. The topological polar surface area (TPSA) is 38.8 Å². The summed E-state index contributed by atoms with van der Waals surface area (Å²) < 4.78 is 11.6. The molecule has 0 radical (unpaired) electrons. The van der Waals surface area contributed by atoms with Gasteiger partial charge in [-0.15, -0.1) is 11.8 Å². The third kappa shape index (κ3) is 5.06. The highest BCUT2D eigenvalue weighted by Crippen LogP contribution is 2.31. The summed E-state index contributed by atoms with van der Waals surface area (Å²) in [7, 11) is 1.80. The lowest BCUT2D eigenvalue weighted by Crippen LogP contribution is -2.42. The number of hydrogen-bond acceptors (Lipinski definition) is 4. The lowest BCUT2D eigenvalue weighted by Gasteiger charge is -2.29. The van der Waals surface area contributed by atoms with Crippen LogP contribution in [0.3, 0.4) is 0 Å². The van der Waals surface area contributed by atoms with Crippen LogP contribution in [0, 0.1) is 0 Å². The van der Waals surface area contributed by atoms with E-state index in [1.807, 2.05) is 48.5 Å². The first kappa shape index (κ1) is 18.0. The highest BCUT2D eigenvalue weighted by Gasteiger charge is 2.23. The van der Waals surface area contributed by atoms with Crippen molar-refractivity contribution in [2.24, 2.45) is 0 Å². The van der Waals surface area contributed by atoms with Crippen molar-refractivity contribution in [1.29, 1.82) is 0 Å². The van der Waals surface area contributed by atoms with Gasteiger partial charge in [0.2, 0.25) is 5.91 Å². The Hall–Kier alpha value is -1.85. The minimum absolute atomic E-state index is 0.0847. The van der Waals surface area contributed by atoms with Crippen molar-refractivity contribution >= 4 is 29.3 Å². The van der Waals surface area contributed by atoms with Crippen molar-refractivity contribution in [3.63, 3.8) is 0 Å². The number of ether oxygens (including phenoxy) is 2. The third-order valence-corrected chi connectivity index (χ3v) is 5.12. The van der Waals surface area contributed by atoms with Crippen LogP contribution in [0.1, 0.15) is 5.56 Å². The molecule has 1 unspecified atom stereocenters. The summed E-state index contributed by atoms with van der Waals surface area (Å²) >= 11 is 7.47. The summed E-state index contributed by atoms with van der Waals surface area (Å²) in [5, 5.41) is 0.723. The van der Waals surface area contributed by atoms with E-state index in [9.17, 15) is 4.79 Å². The highest BCUT2D eigenvalue weighted by molar-refractivity contribution is 7.99. The van der Waals surface area contributed by atoms with Crippen molar-refractivity contribution in [1.82, 2.24) is 4.90 Å². The number of amides is 1. The number of hydrogen-bond donors (Lipinski definition) is 0. The van der Waals surface area contributed by atoms with Gasteiger partial charge in [-0.3, -0.25) is 4.79 Å². The maximum Gasteiger partial charge on any atom is 0.232 e. The van der Waals surface area contributed by atoms with Crippen LogP contribution in [-0.4, -0.2) is 42.9 Å². The smallest absolute Gasteiger partial charge is 0.232 e. The van der Waals surface area contributed by atoms with E-state index in [1.165, 1.54) is 0 Å². The van der Waals surface area contributed by atoms with Crippen molar-refractivity contribution < 1.29 is 14.3 Å². The fourth-order valence-corrected chi connectivity index (χ4v) is 3.56. The molecule has 2 aromatic rings. The van der Waals surface area contributed by atoms with E-state index in [-0.39, 0.29) is 12.0 Å². The second-order valence-corrected chi connectivity index (χ2v) is 7.31. The van der Waals surface area contributed by atoms with Gasteiger partial charge in [0, 0.05) is 17.8 Å². The van der Waals surface area contributed by atoms with Crippen LogP contribution in [0.4, 0.5) is 0 Å². The SMILES string of the molecule is CN(CC1COc2ccccc2O1)C(=O)CSCc1ccc(Cl)cc1. The van der Waals surface area contributed by atoms with Gasteiger partial charge >= 0.3 is 0 Å². The van der Waals surface area contributed by atoms with Crippen molar-refractivity contribution in [3.05, 3.63) is 59.1 Å². The first-order valence-electron chi connectivity index (χ1n) is 8.06. The Labute approximate surface area is 157 Å². The average Bonchev–Trinajstić information content (AvgIpc) is 2.63. The molecule has 2 aromatic carbocycles. The van der Waals surface area contributed by atoms with Gasteiger partial charge in [0.15, 0.2) is 17.6 Å². The number of fused-ring (bicyclic) bond motifs is 1. The predicted molar refractivity (Wildman–Crippen MR) is 102 cm³/mol. The number of rotatable bonds is 6. The summed E-state index contributed by atoms with van der Waals surface area (Å²) in [5.74, 6) is 2.79. The molecular weight excluding hydrogens is 358 g/mol. The molecule has 0 saturated carbocycles. The van der Waals surface area contributed by atoms with E-state index in [2.05, 4.69) is 0 Å². The number of halogens is 1. The Morgan fingerprint density at radius 2 is 1.92 bits per heavy atom. The molecule has 0 aromatic heterocycles. The monoisotopic (exact) mass is 377 g/mol. The largest absolute Gasteiger partial charge is 0.486 e. The lowest BCUT2D eigenvalue weighted by atomic mass is 10.2. The molecule has 1 aliphatic rings. The molecule has 0 fully saturated rings. The Kier molecular flexibility index (Phi) is 6.10. The molecule has 132 valence electrons. The molecule has 0 N–H and O–H groups in total. The molecule has 0 bridgehead atoms. The average molecular weight is 378 g/mol. The predicted octanol–water partition coefficient (Wildman–Crippen LogP) is 3.87. The van der Waals surface area contributed by atoms with Crippen molar-refractivity contribution in [3.8, 4) is 11.5 Å². The molecule has 6 heteroatoms. The van der Waals surface area contributed by atoms with Gasteiger partial charge in [-0.05, 0) is 29.8 Å². The normalized spacial score (nSPS) is 15.7. The standard InChI is InChI=1S/C19H20ClNO3S/c1-21(10-16-11-23-17-4-2-3-5-18(17)24-16)19(22)13-25-12-14-6-8-15(20)9-7-14/h2-9,16H,10-13H2,1H3. The van der Waals surface area contributed by atoms with Crippen LogP contribution in [0.5, 0.6) is 11.5 Å². The maximum absolute atomic E-state index is 12.3. The molecule has 3 rings (SSSR count). The van der Waals surface area contributed by atoms with E-state index in [1.54, 1.807) is 23.7 Å². The van der Waals surface area contributed by atoms with Gasteiger partial charge in [-0.1, -0.05) is 35.9 Å². The van der Waals surface area contributed by atoms with Gasteiger partial charge in [0.1, 0.15) is 6.61 Å². The number of likely N-dealkylation sites (N-methyl/N-ethyl adjacent to an activating group) is 1. The molecular formula is C19H20ClNO3S. The zero-order valence-corrected chi connectivity index (χ0v) is 15.6. The van der Waals surface area contributed by atoms with E-state index in [0.29, 0.717) is 18.9 Å². The highest BCUT2D eigenvalue weighted by atomic mass is 35.5. The van der Waals surface area contributed by atoms with Gasteiger partial charge in [-0.25, -0.2) is 0 Å². The summed E-state index contributed by atoms with van der Waals surface area (Å²) in [5.41, 5.74) is 1.16. The summed E-state index contributed by atoms with van der Waals surface area (Å²) in [6.45, 7) is 0.960. The molecule has 0 aliphatic carbocycles. The number of thioether (sulfide) groups is 1. The fourth-order valence-electron chi connectivity index (χ4n) is 2.51. The van der Waals surface area contributed by atoms with E-state index in [4.69, 9.17) is 21.1 Å². The van der Waals surface area contributed by atoms with E-state index < -0.39 is 0 Å². The van der Waals surface area contributed by atoms with E-state index >= 15 is 0 Å². The second kappa shape index (κ2) is 8.50. The van der Waals surface area contributed by atoms with Crippen LogP contribution in [0.15, 0.2) is 48.5 Å². The number of nitrogens with zero attached hydrogens (tertiary/aromatic N) is 1. The zero-order chi connectivity index (χ0) is 17.6. The Morgan fingerprint density at radius 1 is 1.20 bits per heavy atom. The van der Waals surface area contributed by atoms with Crippen molar-refractivity contribution in [2.45, 2.75) is 11.9 Å². The molecule has 25 heavy (non-hydrogen) atoms. The van der Waals surface area contributed by atoms with Crippen LogP contribution in [-0.2, 0) is 10.5 Å². The number of carbonyl (C=O) groups excluding carboxylic acids is 1. The second-order valence-electron chi connectivity index (χ2n) is 5.89. The van der Waals surface area contributed by atoms with Crippen molar-refractivity contribution in [2.75, 3.05) is 26.0 Å². The summed E-state index contributed by atoms with van der Waals surface area (Å²) in [4.78, 5) is 14.0. The van der Waals surface area contributed by atoms with Crippen LogP contribution >= 0.6 is 23.4 Å². The maximum atomic E-state index is 12.3. The number of benzene rings is 2. The lowest BCUT2D eigenvalue weighted by molar-refractivity contribution is -0.128. The first-order chi connectivity index (χ1) is 12.1. The van der Waals surface area contributed by atoms with Crippen LogP contribution in [0.2, 0.25) is 5.02 Å². The van der Waals surface area contributed by atoms with Gasteiger partial charge in [0.05, 0.1) is 12.3 Å². The molecule has 0 saturated heterocycles. The van der Waals surface area contributed by atoms with Gasteiger partial charge in [-0.2, -0.15) is 0 Å². The first-order valence-corrected chi connectivity index (χ1v) is 9.60. The Bertz CT molecular complexity index is 723. The molecule has 4 nitrogen and oxygen atoms in total. The molecule has 1 amide bonds. The van der Waals surface area contributed by atoms with Crippen LogP contribution in [0.25, 0.3) is 0 Å². The Balaban J connectivity index is 1.43. The molecule has 1 atom stereocenters. The fraction of sp³-hybridized carbons (Fsp3) is 0.316. The number of para-hydroxylation sites is 2. The molecule has 1 aliphatic heterocycles. The molecule has 1 heterocycles. The van der Waals surface area contributed by atoms with Gasteiger partial charge < -0.3 is 14.4 Å². The Morgan fingerprint density at radius 3 is 2.68 bits per heavy atom. The minimum atomic E-state index is -0.148. The van der Waals surface area contributed by atoms with E-state index in [0.717, 1.165) is 27.8 Å². The summed E-state index contributed by atoms with van der Waals surface area (Å²) in [6, 6.07) is 15.3. The third-order valence-electron chi connectivity index (χ3n) is 3.88.